The van der Waals surface area contributed by atoms with Crippen LogP contribution >= 0.6 is 0 Å². The number of nitrogens with one attached hydrogen (secondary N) is 1. The lowest BCUT2D eigenvalue weighted by molar-refractivity contribution is 0.211. The molecule has 0 saturated heterocycles. The molecule has 1 heteroatoms. The Balaban J connectivity index is 1.69. The van der Waals surface area contributed by atoms with Crippen LogP contribution in [0.15, 0.2) is 0 Å². The van der Waals surface area contributed by atoms with E-state index in [-0.39, 0.29) is 0 Å². The Labute approximate surface area is 107 Å². The summed E-state index contributed by atoms with van der Waals surface area (Å²) in [6.45, 7) is 10.8. The van der Waals surface area contributed by atoms with Gasteiger partial charge in [-0.1, -0.05) is 27.7 Å². The van der Waals surface area contributed by atoms with Crippen molar-refractivity contribution in [2.45, 2.75) is 59.4 Å². The van der Waals surface area contributed by atoms with Crippen molar-refractivity contribution in [2.24, 2.45) is 35.0 Å². The van der Waals surface area contributed by atoms with Crippen LogP contribution in [0.4, 0.5) is 0 Å². The minimum Gasteiger partial charge on any atom is -0.313 e. The van der Waals surface area contributed by atoms with Crippen molar-refractivity contribution in [2.75, 3.05) is 6.54 Å². The van der Waals surface area contributed by atoms with E-state index in [0.29, 0.717) is 5.41 Å². The second-order valence-corrected chi connectivity index (χ2v) is 7.86. The van der Waals surface area contributed by atoms with Gasteiger partial charge in [0.1, 0.15) is 0 Å². The quantitative estimate of drug-likeness (QED) is 0.783. The van der Waals surface area contributed by atoms with E-state index >= 15 is 0 Å². The van der Waals surface area contributed by atoms with E-state index in [9.17, 15) is 0 Å². The average molecular weight is 235 g/mol. The zero-order chi connectivity index (χ0) is 12.2. The van der Waals surface area contributed by atoms with E-state index in [4.69, 9.17) is 0 Å². The van der Waals surface area contributed by atoms with Gasteiger partial charge in [-0.25, -0.2) is 0 Å². The van der Waals surface area contributed by atoms with E-state index in [0.717, 1.165) is 35.6 Å². The molecule has 0 aromatic carbocycles. The third kappa shape index (κ3) is 1.85. The van der Waals surface area contributed by atoms with Crippen LogP contribution in [-0.2, 0) is 0 Å². The number of hydrogen-bond acceptors (Lipinski definition) is 1. The first-order valence-corrected chi connectivity index (χ1v) is 7.77. The molecule has 1 N–H and O–H groups in total. The minimum atomic E-state index is 0.434. The summed E-state index contributed by atoms with van der Waals surface area (Å²) in [6.07, 6.45) is 5.94. The molecule has 17 heavy (non-hydrogen) atoms. The first-order chi connectivity index (χ1) is 8.04. The van der Waals surface area contributed by atoms with Crippen molar-refractivity contribution >= 4 is 0 Å². The number of rotatable bonds is 4. The third-order valence-corrected chi connectivity index (χ3v) is 5.73. The van der Waals surface area contributed by atoms with E-state index in [1.54, 1.807) is 19.3 Å². The van der Waals surface area contributed by atoms with Gasteiger partial charge in [0.15, 0.2) is 0 Å². The Morgan fingerprint density at radius 2 is 1.71 bits per heavy atom. The predicted molar refractivity (Wildman–Crippen MR) is 72.8 cm³/mol. The molecule has 5 atom stereocenters. The Kier molecular flexibility index (Phi) is 2.81. The summed E-state index contributed by atoms with van der Waals surface area (Å²) in [5, 5.41) is 3.87. The molecule has 3 aliphatic rings. The predicted octanol–water partition coefficient (Wildman–Crippen LogP) is 3.69. The summed E-state index contributed by atoms with van der Waals surface area (Å²) in [4.78, 5) is 0. The smallest absolute Gasteiger partial charge is 0.0149 e. The molecular weight excluding hydrogens is 206 g/mol. The molecule has 5 unspecified atom stereocenters. The maximum absolute atomic E-state index is 3.87. The van der Waals surface area contributed by atoms with E-state index in [1.165, 1.54) is 13.0 Å². The van der Waals surface area contributed by atoms with Crippen LogP contribution in [0.1, 0.15) is 53.4 Å². The lowest BCUT2D eigenvalue weighted by atomic mass is 9.80. The largest absolute Gasteiger partial charge is 0.313 e. The van der Waals surface area contributed by atoms with Gasteiger partial charge >= 0.3 is 0 Å². The van der Waals surface area contributed by atoms with Gasteiger partial charge in [0, 0.05) is 6.04 Å². The summed E-state index contributed by atoms with van der Waals surface area (Å²) >= 11 is 0. The molecule has 0 heterocycles. The van der Waals surface area contributed by atoms with Crippen LogP contribution in [0.2, 0.25) is 0 Å². The topological polar surface area (TPSA) is 12.0 Å². The molecule has 0 aliphatic heterocycles. The van der Waals surface area contributed by atoms with Gasteiger partial charge in [-0.05, 0) is 67.2 Å². The molecule has 0 radical (unpaired) electrons. The SMILES string of the molecule is CCCNC(C1C2C3CCC(C3)C21)C(C)(C)C. The highest BCUT2D eigenvalue weighted by atomic mass is 15.0. The fourth-order valence-corrected chi connectivity index (χ4v) is 5.16. The Hall–Kier alpha value is -0.0400. The van der Waals surface area contributed by atoms with Crippen LogP contribution in [-0.4, -0.2) is 12.6 Å². The maximum Gasteiger partial charge on any atom is 0.0149 e. The van der Waals surface area contributed by atoms with Crippen molar-refractivity contribution in [3.8, 4) is 0 Å². The monoisotopic (exact) mass is 235 g/mol. The molecule has 98 valence electrons. The molecule has 0 amide bonds. The fraction of sp³-hybridized carbons (Fsp3) is 1.00. The normalized spacial score (nSPS) is 44.8. The fourth-order valence-electron chi connectivity index (χ4n) is 5.16. The standard InChI is InChI=1S/C16H29N/c1-5-8-17-15(16(2,3)4)14-12-10-6-7-11(9-10)13(12)14/h10-15,17H,5-9H2,1-4H3. The minimum absolute atomic E-state index is 0.434. The molecular formula is C16H29N. The number of fused-ring (bicyclic) bond motifs is 5. The molecule has 3 saturated carbocycles. The molecule has 3 rings (SSSR count). The summed E-state index contributed by atoms with van der Waals surface area (Å²) < 4.78 is 0. The first-order valence-electron chi connectivity index (χ1n) is 7.77. The Morgan fingerprint density at radius 3 is 2.18 bits per heavy atom. The van der Waals surface area contributed by atoms with Crippen molar-refractivity contribution < 1.29 is 0 Å². The zero-order valence-electron chi connectivity index (χ0n) is 12.0. The van der Waals surface area contributed by atoms with Gasteiger partial charge in [-0.15, -0.1) is 0 Å². The Bertz CT molecular complexity index is 274. The van der Waals surface area contributed by atoms with Crippen LogP contribution < -0.4 is 5.32 Å². The van der Waals surface area contributed by atoms with Gasteiger partial charge in [0.25, 0.3) is 0 Å². The molecule has 3 fully saturated rings. The van der Waals surface area contributed by atoms with E-state index in [1.807, 2.05) is 0 Å². The average Bonchev–Trinajstić information content (AvgIpc) is 2.68. The highest BCUT2D eigenvalue weighted by Crippen LogP contribution is 2.71. The van der Waals surface area contributed by atoms with E-state index in [2.05, 4.69) is 33.0 Å². The van der Waals surface area contributed by atoms with Crippen LogP contribution in [0.5, 0.6) is 0 Å². The summed E-state index contributed by atoms with van der Waals surface area (Å²) in [7, 11) is 0. The van der Waals surface area contributed by atoms with Gasteiger partial charge in [0.2, 0.25) is 0 Å². The van der Waals surface area contributed by atoms with Crippen LogP contribution in [0.3, 0.4) is 0 Å². The van der Waals surface area contributed by atoms with Crippen molar-refractivity contribution in [1.82, 2.24) is 5.32 Å². The molecule has 0 aromatic heterocycles. The molecule has 1 nitrogen and oxygen atoms in total. The zero-order valence-corrected chi connectivity index (χ0v) is 12.0. The summed E-state index contributed by atoms with van der Waals surface area (Å²) in [5.41, 5.74) is 0.434. The molecule has 0 aromatic rings. The number of hydrogen-bond donors (Lipinski definition) is 1. The van der Waals surface area contributed by atoms with Crippen LogP contribution in [0.25, 0.3) is 0 Å². The van der Waals surface area contributed by atoms with Gasteiger partial charge in [0.05, 0.1) is 0 Å². The van der Waals surface area contributed by atoms with Gasteiger partial charge in [-0.2, -0.15) is 0 Å². The molecule has 0 spiro atoms. The van der Waals surface area contributed by atoms with Crippen molar-refractivity contribution in [1.29, 1.82) is 0 Å². The highest BCUT2D eigenvalue weighted by molar-refractivity contribution is 5.17. The van der Waals surface area contributed by atoms with Crippen molar-refractivity contribution in [3.63, 3.8) is 0 Å². The first kappa shape index (κ1) is 12.0. The van der Waals surface area contributed by atoms with Gasteiger partial charge < -0.3 is 5.32 Å². The Morgan fingerprint density at radius 1 is 1.12 bits per heavy atom. The van der Waals surface area contributed by atoms with Crippen molar-refractivity contribution in [3.05, 3.63) is 0 Å². The second-order valence-electron chi connectivity index (χ2n) is 7.86. The van der Waals surface area contributed by atoms with Gasteiger partial charge in [-0.3, -0.25) is 0 Å². The summed E-state index contributed by atoms with van der Waals surface area (Å²) in [5.74, 6) is 5.48. The lowest BCUT2D eigenvalue weighted by Crippen LogP contribution is -2.44. The molecule has 3 aliphatic carbocycles. The van der Waals surface area contributed by atoms with Crippen LogP contribution in [0, 0.1) is 35.0 Å². The maximum atomic E-state index is 3.87. The lowest BCUT2D eigenvalue weighted by Gasteiger charge is -2.34. The highest BCUT2D eigenvalue weighted by Gasteiger charge is 2.67. The second kappa shape index (κ2) is 3.98. The third-order valence-electron chi connectivity index (χ3n) is 5.73. The van der Waals surface area contributed by atoms with E-state index < -0.39 is 0 Å². The summed E-state index contributed by atoms with van der Waals surface area (Å²) in [6, 6.07) is 0.765. The molecule has 2 bridgehead atoms.